The first-order chi connectivity index (χ1) is 17.1. The SMILES string of the molecule is CCOc1ccc(C2C(=C(O)c3c(C)[nH]c(C(=O)OC)c3C)C(=O)C(=O)N2CCN(C)C)cc1OC. The Labute approximate surface area is 210 Å². The molecule has 3 rings (SSSR count). The van der Waals surface area contributed by atoms with Crippen molar-refractivity contribution in [3.63, 3.8) is 0 Å². The van der Waals surface area contributed by atoms with Crippen LogP contribution in [0.4, 0.5) is 0 Å². The van der Waals surface area contributed by atoms with Gasteiger partial charge in [-0.15, -0.1) is 0 Å². The largest absolute Gasteiger partial charge is 0.507 e. The van der Waals surface area contributed by atoms with Gasteiger partial charge in [-0.3, -0.25) is 9.59 Å². The smallest absolute Gasteiger partial charge is 0.354 e. The zero-order chi connectivity index (χ0) is 26.7. The number of benzene rings is 1. The molecule has 36 heavy (non-hydrogen) atoms. The molecule has 1 saturated heterocycles. The highest BCUT2D eigenvalue weighted by Gasteiger charge is 2.46. The van der Waals surface area contributed by atoms with Gasteiger partial charge in [-0.1, -0.05) is 6.07 Å². The number of likely N-dealkylation sites (N-methyl/N-ethyl adjacent to an activating group) is 1. The van der Waals surface area contributed by atoms with Gasteiger partial charge in [-0.05, 0) is 58.1 Å². The lowest BCUT2D eigenvalue weighted by Crippen LogP contribution is -2.35. The van der Waals surface area contributed by atoms with Crippen LogP contribution in [0.1, 0.15) is 45.8 Å². The molecule has 1 atom stereocenters. The number of aryl methyl sites for hydroxylation is 1. The first kappa shape index (κ1) is 26.8. The number of carbonyl (C=O) groups is 3. The van der Waals surface area contributed by atoms with Gasteiger partial charge in [0.05, 0.1) is 32.4 Å². The van der Waals surface area contributed by atoms with Gasteiger partial charge in [-0.2, -0.15) is 0 Å². The maximum Gasteiger partial charge on any atom is 0.354 e. The molecule has 1 aromatic carbocycles. The van der Waals surface area contributed by atoms with Crippen molar-refractivity contribution in [1.29, 1.82) is 0 Å². The van der Waals surface area contributed by atoms with Gasteiger partial charge < -0.3 is 34.1 Å². The molecule has 0 radical (unpaired) electrons. The van der Waals surface area contributed by atoms with E-state index in [4.69, 9.17) is 14.2 Å². The highest BCUT2D eigenvalue weighted by molar-refractivity contribution is 6.46. The van der Waals surface area contributed by atoms with Gasteiger partial charge in [0.15, 0.2) is 11.5 Å². The Kier molecular flexibility index (Phi) is 8.09. The second-order valence-electron chi connectivity index (χ2n) is 8.76. The van der Waals surface area contributed by atoms with Crippen LogP contribution in [-0.2, 0) is 14.3 Å². The number of rotatable bonds is 9. The number of likely N-dealkylation sites (tertiary alicyclic amines) is 1. The summed E-state index contributed by atoms with van der Waals surface area (Å²) in [6.45, 7) is 6.37. The van der Waals surface area contributed by atoms with Gasteiger partial charge in [0.2, 0.25) is 0 Å². The Morgan fingerprint density at radius 3 is 2.44 bits per heavy atom. The van der Waals surface area contributed by atoms with Crippen LogP contribution in [0.25, 0.3) is 5.76 Å². The number of methoxy groups -OCH3 is 2. The van der Waals surface area contributed by atoms with Crippen molar-refractivity contribution < 1.29 is 33.7 Å². The summed E-state index contributed by atoms with van der Waals surface area (Å²) >= 11 is 0. The van der Waals surface area contributed by atoms with Crippen molar-refractivity contribution in [2.75, 3.05) is 48.0 Å². The van der Waals surface area contributed by atoms with Gasteiger partial charge in [0.25, 0.3) is 11.7 Å². The highest BCUT2D eigenvalue weighted by atomic mass is 16.5. The average Bonchev–Trinajstić information content (AvgIpc) is 3.29. The molecule has 10 heteroatoms. The van der Waals surface area contributed by atoms with Crippen molar-refractivity contribution in [1.82, 2.24) is 14.8 Å². The number of ether oxygens (including phenoxy) is 3. The number of nitrogens with one attached hydrogen (secondary N) is 1. The molecule has 0 saturated carbocycles. The van der Waals surface area contributed by atoms with Gasteiger partial charge in [0, 0.05) is 24.3 Å². The molecular formula is C26H33N3O7. The lowest BCUT2D eigenvalue weighted by molar-refractivity contribution is -0.140. The zero-order valence-electron chi connectivity index (χ0n) is 21.7. The Hall–Kier alpha value is -3.79. The van der Waals surface area contributed by atoms with E-state index >= 15 is 0 Å². The van der Waals surface area contributed by atoms with E-state index in [1.165, 1.54) is 19.1 Å². The number of hydrogen-bond acceptors (Lipinski definition) is 8. The minimum absolute atomic E-state index is 0.0633. The summed E-state index contributed by atoms with van der Waals surface area (Å²) in [5, 5.41) is 11.5. The van der Waals surface area contributed by atoms with Crippen LogP contribution < -0.4 is 9.47 Å². The molecule has 2 N–H and O–H groups in total. The fourth-order valence-corrected chi connectivity index (χ4v) is 4.44. The van der Waals surface area contributed by atoms with E-state index in [2.05, 4.69) is 4.98 Å². The van der Waals surface area contributed by atoms with Crippen LogP contribution in [0.3, 0.4) is 0 Å². The number of nitrogens with zero attached hydrogens (tertiary/aromatic N) is 2. The third-order valence-corrected chi connectivity index (χ3v) is 6.20. The highest BCUT2D eigenvalue weighted by Crippen LogP contribution is 2.43. The predicted octanol–water partition coefficient (Wildman–Crippen LogP) is 2.81. The summed E-state index contributed by atoms with van der Waals surface area (Å²) in [7, 11) is 6.50. The number of aliphatic hydroxyl groups excluding tert-OH is 1. The summed E-state index contributed by atoms with van der Waals surface area (Å²) in [6, 6.07) is 4.29. The molecule has 2 aromatic rings. The molecule has 1 aliphatic heterocycles. The topological polar surface area (TPSA) is 121 Å². The number of aromatic nitrogens is 1. The van der Waals surface area contributed by atoms with E-state index in [9.17, 15) is 19.5 Å². The molecule has 0 bridgehead atoms. The number of ketones is 1. The van der Waals surface area contributed by atoms with Crippen molar-refractivity contribution in [3.05, 3.63) is 51.9 Å². The summed E-state index contributed by atoms with van der Waals surface area (Å²) in [4.78, 5) is 45.0. The van der Waals surface area contributed by atoms with Crippen LogP contribution in [0, 0.1) is 13.8 Å². The number of aromatic amines is 1. The second kappa shape index (κ2) is 10.9. The minimum Gasteiger partial charge on any atom is -0.507 e. The van der Waals surface area contributed by atoms with Crippen LogP contribution in [-0.4, -0.2) is 85.6 Å². The number of carbonyl (C=O) groups excluding carboxylic acids is 3. The van der Waals surface area contributed by atoms with E-state index in [1.54, 1.807) is 32.0 Å². The number of amides is 1. The van der Waals surface area contributed by atoms with Crippen LogP contribution >= 0.6 is 0 Å². The van der Waals surface area contributed by atoms with Crippen molar-refractivity contribution in [2.24, 2.45) is 0 Å². The Morgan fingerprint density at radius 1 is 1.17 bits per heavy atom. The lowest BCUT2D eigenvalue weighted by Gasteiger charge is -2.27. The molecular weight excluding hydrogens is 466 g/mol. The van der Waals surface area contributed by atoms with Crippen LogP contribution in [0.15, 0.2) is 23.8 Å². The van der Waals surface area contributed by atoms with Crippen molar-refractivity contribution >= 4 is 23.4 Å². The van der Waals surface area contributed by atoms with Crippen molar-refractivity contribution in [2.45, 2.75) is 26.8 Å². The molecule has 1 amide bonds. The Bertz CT molecular complexity index is 1210. The molecule has 2 heterocycles. The second-order valence-corrected chi connectivity index (χ2v) is 8.76. The minimum atomic E-state index is -0.871. The molecule has 1 aromatic heterocycles. The van der Waals surface area contributed by atoms with E-state index < -0.39 is 23.7 Å². The van der Waals surface area contributed by atoms with E-state index in [0.717, 1.165) is 0 Å². The molecule has 0 spiro atoms. The molecule has 0 aliphatic carbocycles. The number of H-pyrrole nitrogens is 1. The number of Topliss-reactive ketones (excluding diaryl/α,β-unsaturated/α-hetero) is 1. The predicted molar refractivity (Wildman–Crippen MR) is 133 cm³/mol. The van der Waals surface area contributed by atoms with E-state index in [-0.39, 0.29) is 29.1 Å². The van der Waals surface area contributed by atoms with E-state index in [1.807, 2.05) is 25.9 Å². The first-order valence-corrected chi connectivity index (χ1v) is 11.6. The van der Waals surface area contributed by atoms with E-state index in [0.29, 0.717) is 41.5 Å². The summed E-state index contributed by atoms with van der Waals surface area (Å²) in [5.41, 5.74) is 1.84. The Balaban J connectivity index is 2.25. The maximum absolute atomic E-state index is 13.3. The Morgan fingerprint density at radius 2 is 1.86 bits per heavy atom. The third-order valence-electron chi connectivity index (χ3n) is 6.20. The summed E-state index contributed by atoms with van der Waals surface area (Å²) < 4.78 is 15.9. The normalized spacial score (nSPS) is 17.1. The zero-order valence-corrected chi connectivity index (χ0v) is 21.7. The summed E-state index contributed by atoms with van der Waals surface area (Å²) in [6.07, 6.45) is 0. The summed E-state index contributed by atoms with van der Waals surface area (Å²) in [5.74, 6) is -1.52. The van der Waals surface area contributed by atoms with Gasteiger partial charge in [-0.25, -0.2) is 4.79 Å². The molecule has 194 valence electrons. The van der Waals surface area contributed by atoms with Crippen molar-refractivity contribution in [3.8, 4) is 11.5 Å². The van der Waals surface area contributed by atoms with Gasteiger partial charge in [0.1, 0.15) is 11.5 Å². The maximum atomic E-state index is 13.3. The average molecular weight is 500 g/mol. The van der Waals surface area contributed by atoms with Crippen LogP contribution in [0.2, 0.25) is 0 Å². The number of hydrogen-bond donors (Lipinski definition) is 2. The molecule has 10 nitrogen and oxygen atoms in total. The standard InChI is InChI=1S/C26H33N3O7/c1-8-36-17-10-9-16(13-18(17)34-6)22-20(24(31)25(32)29(22)12-11-28(4)5)23(30)19-14(2)21(26(33)35-7)27-15(19)3/h9-10,13,22,27,30H,8,11-12H2,1-7H3. The lowest BCUT2D eigenvalue weighted by atomic mass is 9.93. The molecule has 1 fully saturated rings. The fraction of sp³-hybridized carbons (Fsp3) is 0.423. The third kappa shape index (κ3) is 4.81. The van der Waals surface area contributed by atoms with Gasteiger partial charge >= 0.3 is 5.97 Å². The first-order valence-electron chi connectivity index (χ1n) is 11.6. The molecule has 1 aliphatic rings. The van der Waals surface area contributed by atoms with Crippen LogP contribution in [0.5, 0.6) is 11.5 Å². The fourth-order valence-electron chi connectivity index (χ4n) is 4.44. The number of esters is 1. The quantitative estimate of drug-likeness (QED) is 0.234. The number of aliphatic hydroxyl groups is 1. The molecule has 1 unspecified atom stereocenters. The monoisotopic (exact) mass is 499 g/mol.